The van der Waals surface area contributed by atoms with E-state index in [1.807, 2.05) is 11.3 Å². The average Bonchev–Trinajstić information content (AvgIpc) is 2.91. The predicted octanol–water partition coefficient (Wildman–Crippen LogP) is 4.11. The highest BCUT2D eigenvalue weighted by atomic mass is 32.1. The van der Waals surface area contributed by atoms with E-state index < -0.39 is 0 Å². The van der Waals surface area contributed by atoms with Crippen LogP contribution in [0.5, 0.6) is 0 Å². The highest BCUT2D eigenvalue weighted by Crippen LogP contribution is 2.39. The van der Waals surface area contributed by atoms with Crippen molar-refractivity contribution < 1.29 is 0 Å². The fraction of sp³-hybridized carbons (Fsp3) is 0.765. The summed E-state index contributed by atoms with van der Waals surface area (Å²) >= 11 is 1.86. The second kappa shape index (κ2) is 7.06. The molecule has 1 aliphatic rings. The maximum Gasteiger partial charge on any atom is 0.0330 e. The third-order valence-corrected chi connectivity index (χ3v) is 5.69. The third kappa shape index (κ3) is 4.06. The predicted molar refractivity (Wildman–Crippen MR) is 89.0 cm³/mol. The molecule has 20 heavy (non-hydrogen) atoms. The van der Waals surface area contributed by atoms with Crippen LogP contribution < -0.4 is 5.73 Å². The fourth-order valence-electron chi connectivity index (χ4n) is 3.62. The van der Waals surface area contributed by atoms with Gasteiger partial charge in [0.25, 0.3) is 0 Å². The topological polar surface area (TPSA) is 29.3 Å². The molecular weight excluding hydrogens is 264 g/mol. The first kappa shape index (κ1) is 16.0. The van der Waals surface area contributed by atoms with Crippen LogP contribution in [0.4, 0.5) is 0 Å². The summed E-state index contributed by atoms with van der Waals surface area (Å²) < 4.78 is 0. The van der Waals surface area contributed by atoms with E-state index in [9.17, 15) is 0 Å². The van der Waals surface area contributed by atoms with E-state index in [0.29, 0.717) is 11.5 Å². The smallest absolute Gasteiger partial charge is 0.0330 e. The number of hydrogen-bond acceptors (Lipinski definition) is 3. The number of hydrogen-bond donors (Lipinski definition) is 1. The molecule has 0 spiro atoms. The maximum absolute atomic E-state index is 6.20. The first-order chi connectivity index (χ1) is 9.54. The zero-order valence-corrected chi connectivity index (χ0v) is 14.1. The first-order valence-corrected chi connectivity index (χ1v) is 8.89. The number of thiophene rings is 1. The van der Waals surface area contributed by atoms with Gasteiger partial charge >= 0.3 is 0 Å². The summed E-state index contributed by atoms with van der Waals surface area (Å²) in [6.07, 6.45) is 5.34. The normalized spacial score (nSPS) is 27.4. The number of rotatable bonds is 6. The Bertz CT molecular complexity index is 388. The molecule has 2 N–H and O–H groups in total. The molecule has 1 heterocycles. The van der Waals surface area contributed by atoms with Gasteiger partial charge in [0.2, 0.25) is 0 Å². The lowest BCUT2D eigenvalue weighted by atomic mass is 9.69. The Morgan fingerprint density at radius 3 is 2.85 bits per heavy atom. The van der Waals surface area contributed by atoms with Crippen LogP contribution in [0, 0.1) is 11.3 Å². The second-order valence-corrected chi connectivity index (χ2v) is 8.02. The molecule has 3 heteroatoms. The van der Waals surface area contributed by atoms with E-state index in [1.165, 1.54) is 30.6 Å². The van der Waals surface area contributed by atoms with E-state index in [-0.39, 0.29) is 0 Å². The van der Waals surface area contributed by atoms with Gasteiger partial charge in [0, 0.05) is 24.0 Å². The van der Waals surface area contributed by atoms with Crippen LogP contribution in [-0.2, 0) is 6.54 Å². The lowest BCUT2D eigenvalue weighted by Gasteiger charge is -2.43. The standard InChI is InChI=1S/C17H30N2S/c1-14(2)19(11-16-7-5-9-20-16)13-17(12-18)8-4-6-15(3)10-17/h5,7,9,14-15H,4,6,8,10-13,18H2,1-3H3. The van der Waals surface area contributed by atoms with Crippen LogP contribution in [0.1, 0.15) is 51.3 Å². The van der Waals surface area contributed by atoms with Crippen LogP contribution in [0.3, 0.4) is 0 Å². The molecule has 0 bridgehead atoms. The molecule has 0 amide bonds. The SMILES string of the molecule is CC1CCCC(CN)(CN(Cc2cccs2)C(C)C)C1. The molecule has 114 valence electrons. The molecule has 2 nitrogen and oxygen atoms in total. The van der Waals surface area contributed by atoms with Gasteiger partial charge in [-0.1, -0.05) is 25.8 Å². The molecule has 0 saturated heterocycles. The zero-order valence-electron chi connectivity index (χ0n) is 13.3. The summed E-state index contributed by atoms with van der Waals surface area (Å²) in [4.78, 5) is 4.09. The van der Waals surface area contributed by atoms with Crippen molar-refractivity contribution in [3.63, 3.8) is 0 Å². The molecule has 1 saturated carbocycles. The maximum atomic E-state index is 6.20. The summed E-state index contributed by atoms with van der Waals surface area (Å²) in [5.74, 6) is 0.836. The minimum Gasteiger partial charge on any atom is -0.330 e. The van der Waals surface area contributed by atoms with Crippen molar-refractivity contribution in [3.8, 4) is 0 Å². The van der Waals surface area contributed by atoms with Gasteiger partial charge < -0.3 is 5.73 Å². The molecule has 1 aliphatic carbocycles. The number of nitrogens with zero attached hydrogens (tertiary/aromatic N) is 1. The lowest BCUT2D eigenvalue weighted by Crippen LogP contribution is -2.47. The fourth-order valence-corrected chi connectivity index (χ4v) is 4.35. The monoisotopic (exact) mass is 294 g/mol. The van der Waals surface area contributed by atoms with Gasteiger partial charge in [0.05, 0.1) is 0 Å². The van der Waals surface area contributed by atoms with Crippen molar-refractivity contribution in [1.82, 2.24) is 4.90 Å². The highest BCUT2D eigenvalue weighted by molar-refractivity contribution is 7.09. The van der Waals surface area contributed by atoms with Gasteiger partial charge in [-0.2, -0.15) is 0 Å². The lowest BCUT2D eigenvalue weighted by molar-refractivity contribution is 0.0681. The molecule has 1 aromatic rings. The zero-order chi connectivity index (χ0) is 14.6. The largest absolute Gasteiger partial charge is 0.330 e. The summed E-state index contributed by atoms with van der Waals surface area (Å²) in [5, 5.41) is 2.18. The summed E-state index contributed by atoms with van der Waals surface area (Å²) in [7, 11) is 0. The van der Waals surface area contributed by atoms with Crippen molar-refractivity contribution in [2.24, 2.45) is 17.1 Å². The molecular formula is C17H30N2S. The highest BCUT2D eigenvalue weighted by Gasteiger charge is 2.35. The molecule has 1 fully saturated rings. The van der Waals surface area contributed by atoms with Crippen molar-refractivity contribution in [2.45, 2.75) is 59.0 Å². The van der Waals surface area contributed by atoms with Crippen molar-refractivity contribution >= 4 is 11.3 Å². The van der Waals surface area contributed by atoms with Crippen LogP contribution in [0.2, 0.25) is 0 Å². The quantitative estimate of drug-likeness (QED) is 0.855. The minimum atomic E-state index is 0.346. The van der Waals surface area contributed by atoms with Crippen molar-refractivity contribution in [3.05, 3.63) is 22.4 Å². The Morgan fingerprint density at radius 1 is 1.50 bits per heavy atom. The molecule has 2 atom stereocenters. The van der Waals surface area contributed by atoms with E-state index in [4.69, 9.17) is 5.73 Å². The molecule has 2 rings (SSSR count). The molecule has 2 unspecified atom stereocenters. The van der Waals surface area contributed by atoms with Gasteiger partial charge in [0.15, 0.2) is 0 Å². The average molecular weight is 295 g/mol. The van der Waals surface area contributed by atoms with Crippen LogP contribution >= 0.6 is 11.3 Å². The van der Waals surface area contributed by atoms with E-state index in [1.54, 1.807) is 0 Å². The Hall–Kier alpha value is -0.380. The van der Waals surface area contributed by atoms with E-state index in [2.05, 4.69) is 43.2 Å². The third-order valence-electron chi connectivity index (χ3n) is 4.83. The van der Waals surface area contributed by atoms with Crippen molar-refractivity contribution in [2.75, 3.05) is 13.1 Å². The van der Waals surface area contributed by atoms with Crippen molar-refractivity contribution in [1.29, 1.82) is 0 Å². The first-order valence-electron chi connectivity index (χ1n) is 8.01. The Kier molecular flexibility index (Phi) is 5.65. The van der Waals surface area contributed by atoms with Gasteiger partial charge in [-0.05, 0) is 56.0 Å². The van der Waals surface area contributed by atoms with Crippen LogP contribution in [-0.4, -0.2) is 24.0 Å². The van der Waals surface area contributed by atoms with E-state index >= 15 is 0 Å². The number of nitrogens with two attached hydrogens (primary N) is 1. The Labute approximate surface area is 128 Å². The summed E-state index contributed by atoms with van der Waals surface area (Å²) in [5.41, 5.74) is 6.54. The summed E-state index contributed by atoms with van der Waals surface area (Å²) in [6, 6.07) is 4.98. The summed E-state index contributed by atoms with van der Waals surface area (Å²) in [6.45, 7) is 10.1. The van der Waals surface area contributed by atoms with Gasteiger partial charge in [-0.15, -0.1) is 11.3 Å². The van der Waals surface area contributed by atoms with E-state index in [0.717, 1.165) is 25.6 Å². The Balaban J connectivity index is 2.05. The van der Waals surface area contributed by atoms with Gasteiger partial charge in [-0.3, -0.25) is 4.90 Å². The molecule has 0 aromatic carbocycles. The Morgan fingerprint density at radius 2 is 2.30 bits per heavy atom. The molecule has 1 aromatic heterocycles. The van der Waals surface area contributed by atoms with Gasteiger partial charge in [0.1, 0.15) is 0 Å². The molecule has 0 radical (unpaired) electrons. The van der Waals surface area contributed by atoms with Crippen LogP contribution in [0.15, 0.2) is 17.5 Å². The van der Waals surface area contributed by atoms with Gasteiger partial charge in [-0.25, -0.2) is 0 Å². The molecule has 0 aliphatic heterocycles. The van der Waals surface area contributed by atoms with Crippen LogP contribution in [0.25, 0.3) is 0 Å². The second-order valence-electron chi connectivity index (χ2n) is 6.98. The minimum absolute atomic E-state index is 0.346.